The van der Waals surface area contributed by atoms with Gasteiger partial charge in [0, 0.05) is 5.92 Å². The number of anilines is 1. The Morgan fingerprint density at radius 3 is 2.00 bits per heavy atom. The van der Waals surface area contributed by atoms with E-state index in [1.807, 2.05) is 56.3 Å². The molecule has 3 aliphatic carbocycles. The van der Waals surface area contributed by atoms with Crippen molar-refractivity contribution < 1.29 is 9.59 Å². The van der Waals surface area contributed by atoms with E-state index in [1.54, 1.807) is 0 Å². The molecule has 3 nitrogen and oxygen atoms in total. The number of hydrogen-bond acceptors (Lipinski definition) is 2. The molecule has 0 radical (unpaired) electrons. The molecule has 1 saturated heterocycles. The van der Waals surface area contributed by atoms with Crippen LogP contribution in [0.15, 0.2) is 66.7 Å². The first-order valence-electron chi connectivity index (χ1n) is 10.3. The van der Waals surface area contributed by atoms with Crippen molar-refractivity contribution in [3.8, 4) is 0 Å². The minimum atomic E-state index is -0.694. The fourth-order valence-corrected chi connectivity index (χ4v) is 7.00. The SMILES string of the molecule is Cc1ccc(N2C(=O)[C@@H]3C4c5ccccc5C(Br)(c5ccccc54)[C@H]3C2=O)cc1C. The third kappa shape index (κ3) is 2.00. The van der Waals surface area contributed by atoms with Gasteiger partial charge in [-0.2, -0.15) is 0 Å². The van der Waals surface area contributed by atoms with E-state index < -0.39 is 16.2 Å². The largest absolute Gasteiger partial charge is 0.274 e. The van der Waals surface area contributed by atoms with E-state index >= 15 is 0 Å². The Morgan fingerprint density at radius 1 is 0.800 bits per heavy atom. The van der Waals surface area contributed by atoms with E-state index in [0.29, 0.717) is 5.69 Å². The Morgan fingerprint density at radius 2 is 1.40 bits per heavy atom. The molecule has 0 N–H and O–H groups in total. The van der Waals surface area contributed by atoms with Gasteiger partial charge in [0.15, 0.2) is 0 Å². The molecule has 7 rings (SSSR count). The van der Waals surface area contributed by atoms with Gasteiger partial charge < -0.3 is 0 Å². The summed E-state index contributed by atoms with van der Waals surface area (Å²) in [4.78, 5) is 29.1. The summed E-state index contributed by atoms with van der Waals surface area (Å²) < 4.78 is -0.694. The van der Waals surface area contributed by atoms with Gasteiger partial charge in [0.2, 0.25) is 11.8 Å². The highest BCUT2D eigenvalue weighted by molar-refractivity contribution is 9.09. The van der Waals surface area contributed by atoms with Gasteiger partial charge >= 0.3 is 0 Å². The Bertz CT molecular complexity index is 1220. The van der Waals surface area contributed by atoms with Crippen molar-refractivity contribution in [2.75, 3.05) is 4.90 Å². The van der Waals surface area contributed by atoms with Gasteiger partial charge in [0.05, 0.1) is 21.8 Å². The van der Waals surface area contributed by atoms with Crippen LogP contribution in [0.1, 0.15) is 39.3 Å². The van der Waals surface area contributed by atoms with Gasteiger partial charge in [-0.1, -0.05) is 70.5 Å². The zero-order chi connectivity index (χ0) is 20.8. The van der Waals surface area contributed by atoms with Crippen molar-refractivity contribution >= 4 is 33.4 Å². The number of alkyl halides is 1. The molecule has 4 aliphatic rings. The number of nitrogens with zero attached hydrogens (tertiary/aromatic N) is 1. The van der Waals surface area contributed by atoms with Crippen molar-refractivity contribution in [1.82, 2.24) is 0 Å². The fraction of sp³-hybridized carbons (Fsp3) is 0.231. The average molecular weight is 458 g/mol. The van der Waals surface area contributed by atoms with E-state index in [2.05, 4.69) is 40.2 Å². The van der Waals surface area contributed by atoms with Crippen molar-refractivity contribution in [3.05, 3.63) is 100 Å². The van der Waals surface area contributed by atoms with Crippen LogP contribution in [0.25, 0.3) is 0 Å². The van der Waals surface area contributed by atoms with Crippen LogP contribution < -0.4 is 4.90 Å². The highest BCUT2D eigenvalue weighted by Gasteiger charge is 2.67. The lowest BCUT2D eigenvalue weighted by Crippen LogP contribution is -2.50. The van der Waals surface area contributed by atoms with Gasteiger partial charge in [0.25, 0.3) is 0 Å². The quantitative estimate of drug-likeness (QED) is 0.371. The predicted octanol–water partition coefficient (Wildman–Crippen LogP) is 5.21. The molecular weight excluding hydrogens is 438 g/mol. The molecule has 2 amide bonds. The van der Waals surface area contributed by atoms with Gasteiger partial charge in [-0.15, -0.1) is 0 Å². The van der Waals surface area contributed by atoms with E-state index in [4.69, 9.17) is 0 Å². The van der Waals surface area contributed by atoms with Crippen LogP contribution >= 0.6 is 15.9 Å². The molecule has 2 bridgehead atoms. The second kappa shape index (κ2) is 5.92. The van der Waals surface area contributed by atoms with Crippen LogP contribution in [0, 0.1) is 25.7 Å². The summed E-state index contributed by atoms with van der Waals surface area (Å²) in [5.74, 6) is -1.16. The monoisotopic (exact) mass is 457 g/mol. The molecule has 0 aromatic heterocycles. The molecule has 0 unspecified atom stereocenters. The fourth-order valence-electron chi connectivity index (χ4n) is 5.80. The molecule has 0 spiro atoms. The normalized spacial score (nSPS) is 28.4. The molecule has 148 valence electrons. The van der Waals surface area contributed by atoms with Gasteiger partial charge in [-0.3, -0.25) is 9.59 Å². The molecule has 30 heavy (non-hydrogen) atoms. The third-order valence-corrected chi connectivity index (χ3v) is 8.61. The third-order valence-electron chi connectivity index (χ3n) is 7.26. The standard InChI is InChI=1S/C26H20BrNO2/c1-14-11-12-16(13-15(14)2)28-24(29)22-21-17-7-3-5-9-19(17)26(27,23(22)25(28)30)20-10-6-4-8-18(20)21/h3-13,21-23H,1-2H3/t21?,22-,23-,26?/m1/s1. The van der Waals surface area contributed by atoms with Crippen molar-refractivity contribution in [2.45, 2.75) is 24.1 Å². The van der Waals surface area contributed by atoms with E-state index in [1.165, 1.54) is 4.90 Å². The van der Waals surface area contributed by atoms with Crippen molar-refractivity contribution in [3.63, 3.8) is 0 Å². The van der Waals surface area contributed by atoms with E-state index in [0.717, 1.165) is 33.4 Å². The number of carbonyl (C=O) groups is 2. The van der Waals surface area contributed by atoms with E-state index in [-0.39, 0.29) is 17.7 Å². The minimum Gasteiger partial charge on any atom is -0.274 e. The maximum absolute atomic E-state index is 13.8. The number of halogens is 1. The molecule has 3 aromatic rings. The molecule has 1 aliphatic heterocycles. The summed E-state index contributed by atoms with van der Waals surface area (Å²) in [6, 6.07) is 22.3. The number of aryl methyl sites for hydroxylation is 2. The highest BCUT2D eigenvalue weighted by Crippen LogP contribution is 2.66. The summed E-state index contributed by atoms with van der Waals surface area (Å²) in [6.07, 6.45) is 0. The maximum Gasteiger partial charge on any atom is 0.239 e. The van der Waals surface area contributed by atoms with Crippen molar-refractivity contribution in [2.24, 2.45) is 11.8 Å². The van der Waals surface area contributed by atoms with Crippen molar-refractivity contribution in [1.29, 1.82) is 0 Å². The number of imide groups is 1. The Balaban J connectivity index is 1.60. The summed E-state index contributed by atoms with van der Waals surface area (Å²) in [5.41, 5.74) is 7.41. The first-order chi connectivity index (χ1) is 14.4. The Hall–Kier alpha value is -2.72. The average Bonchev–Trinajstić information content (AvgIpc) is 3.02. The molecule has 1 heterocycles. The topological polar surface area (TPSA) is 37.4 Å². The second-order valence-corrected chi connectivity index (χ2v) is 9.90. The molecule has 0 saturated carbocycles. The number of carbonyl (C=O) groups excluding carboxylic acids is 2. The Labute approximate surface area is 183 Å². The predicted molar refractivity (Wildman–Crippen MR) is 120 cm³/mol. The van der Waals surface area contributed by atoms with E-state index in [9.17, 15) is 9.59 Å². The zero-order valence-electron chi connectivity index (χ0n) is 16.7. The molecule has 3 aromatic carbocycles. The Kier molecular flexibility index (Phi) is 3.57. The first-order valence-corrected chi connectivity index (χ1v) is 11.1. The molecule has 2 atom stereocenters. The lowest BCUT2D eigenvalue weighted by atomic mass is 9.55. The summed E-state index contributed by atoms with van der Waals surface area (Å²) >= 11 is 4.03. The maximum atomic E-state index is 13.8. The molecule has 1 fully saturated rings. The van der Waals surface area contributed by atoms with Crippen LogP contribution in [0.2, 0.25) is 0 Å². The van der Waals surface area contributed by atoms with Gasteiger partial charge in [-0.05, 0) is 59.4 Å². The lowest BCUT2D eigenvalue weighted by Gasteiger charge is -2.51. The number of hydrogen-bond donors (Lipinski definition) is 0. The minimum absolute atomic E-state index is 0.0916. The number of amides is 2. The number of benzene rings is 3. The highest BCUT2D eigenvalue weighted by atomic mass is 79.9. The summed E-state index contributed by atoms with van der Waals surface area (Å²) in [6.45, 7) is 4.05. The number of rotatable bonds is 1. The zero-order valence-corrected chi connectivity index (χ0v) is 18.3. The lowest BCUT2D eigenvalue weighted by molar-refractivity contribution is -0.122. The second-order valence-electron chi connectivity index (χ2n) is 8.65. The first kappa shape index (κ1) is 18.1. The smallest absolute Gasteiger partial charge is 0.239 e. The van der Waals surface area contributed by atoms with Crippen LogP contribution in [0.5, 0.6) is 0 Å². The summed E-state index contributed by atoms with van der Waals surface area (Å²) in [7, 11) is 0. The van der Waals surface area contributed by atoms with Gasteiger partial charge in [0.1, 0.15) is 0 Å². The van der Waals surface area contributed by atoms with Crippen LogP contribution in [-0.2, 0) is 13.9 Å². The molecular formula is C26H20BrNO2. The van der Waals surface area contributed by atoms with Gasteiger partial charge in [-0.25, -0.2) is 4.90 Å². The van der Waals surface area contributed by atoms with Crippen LogP contribution in [0.4, 0.5) is 5.69 Å². The van der Waals surface area contributed by atoms with Crippen LogP contribution in [0.3, 0.4) is 0 Å². The molecule has 4 heteroatoms. The summed E-state index contributed by atoms with van der Waals surface area (Å²) in [5, 5.41) is 0. The van der Waals surface area contributed by atoms with Crippen LogP contribution in [-0.4, -0.2) is 11.8 Å².